The molecule has 35 heavy (non-hydrogen) atoms. The molecule has 4 aromatic rings. The van der Waals surface area contributed by atoms with Gasteiger partial charge in [0.25, 0.3) is 11.8 Å². The van der Waals surface area contributed by atoms with Gasteiger partial charge in [-0.25, -0.2) is 0 Å². The van der Waals surface area contributed by atoms with Gasteiger partial charge in [0.05, 0.1) is 4.34 Å². The van der Waals surface area contributed by atoms with Crippen LogP contribution in [-0.2, 0) is 0 Å². The fourth-order valence-electron chi connectivity index (χ4n) is 4.85. The number of amides is 2. The minimum atomic E-state index is -0.0905. The second-order valence-electron chi connectivity index (χ2n) is 9.14. The third kappa shape index (κ3) is 4.47. The number of hydrogen-bond acceptors (Lipinski definition) is 5. The first-order chi connectivity index (χ1) is 17.0. The van der Waals surface area contributed by atoms with E-state index in [9.17, 15) is 9.59 Å². The monoisotopic (exact) mass is 505 g/mol. The maximum absolute atomic E-state index is 13.0. The molecule has 1 atom stereocenters. The van der Waals surface area contributed by atoms with Crippen molar-refractivity contribution in [2.75, 3.05) is 26.2 Å². The van der Waals surface area contributed by atoms with Crippen LogP contribution in [0, 0.1) is 0 Å². The SMILES string of the molecule is O=C(c1ccccc1)N1CCC(NC2CN(C(=O)c3cc4cc(-c5ccc(Cl)s5)ccc4o3)C2)C1. The third-order valence-corrected chi connectivity index (χ3v) is 8.00. The van der Waals surface area contributed by atoms with Crippen molar-refractivity contribution in [1.29, 1.82) is 0 Å². The van der Waals surface area contributed by atoms with Crippen LogP contribution in [0.3, 0.4) is 0 Å². The van der Waals surface area contributed by atoms with Crippen molar-refractivity contribution in [3.8, 4) is 10.4 Å². The Balaban J connectivity index is 1.04. The van der Waals surface area contributed by atoms with Gasteiger partial charge in [0.2, 0.25) is 0 Å². The molecule has 1 N–H and O–H groups in total. The number of nitrogens with zero attached hydrogens (tertiary/aromatic N) is 2. The predicted molar refractivity (Wildman–Crippen MR) is 138 cm³/mol. The predicted octanol–water partition coefficient (Wildman–Crippen LogP) is 5.14. The number of carbonyl (C=O) groups excluding carboxylic acids is 2. The minimum Gasteiger partial charge on any atom is -0.451 e. The number of nitrogens with one attached hydrogen (secondary N) is 1. The van der Waals surface area contributed by atoms with Crippen LogP contribution in [0.1, 0.15) is 27.3 Å². The van der Waals surface area contributed by atoms with Gasteiger partial charge >= 0.3 is 0 Å². The van der Waals surface area contributed by atoms with Crippen LogP contribution in [0.5, 0.6) is 0 Å². The van der Waals surface area contributed by atoms with Crippen LogP contribution in [0.15, 0.2) is 71.1 Å². The zero-order valence-corrected chi connectivity index (χ0v) is 20.5. The van der Waals surface area contributed by atoms with Gasteiger partial charge in [-0.3, -0.25) is 9.59 Å². The van der Waals surface area contributed by atoms with Crippen LogP contribution in [0.25, 0.3) is 21.4 Å². The number of benzene rings is 2. The van der Waals surface area contributed by atoms with Crippen molar-refractivity contribution < 1.29 is 14.0 Å². The Kier molecular flexibility index (Phi) is 5.84. The number of thiophene rings is 1. The molecule has 2 aliphatic heterocycles. The number of fused-ring (bicyclic) bond motifs is 1. The summed E-state index contributed by atoms with van der Waals surface area (Å²) < 4.78 is 6.60. The Hall–Kier alpha value is -3.13. The number of rotatable bonds is 5. The fraction of sp³-hybridized carbons (Fsp3) is 0.259. The lowest BCUT2D eigenvalue weighted by molar-refractivity contribution is 0.0523. The van der Waals surface area contributed by atoms with Crippen LogP contribution >= 0.6 is 22.9 Å². The average molecular weight is 506 g/mol. The second kappa shape index (κ2) is 9.15. The number of furan rings is 1. The van der Waals surface area contributed by atoms with E-state index in [0.29, 0.717) is 31.0 Å². The molecule has 2 aromatic carbocycles. The number of halogens is 1. The maximum atomic E-state index is 13.0. The Bertz CT molecular complexity index is 1390. The topological polar surface area (TPSA) is 65.8 Å². The van der Waals surface area contributed by atoms with Crippen molar-refractivity contribution in [2.45, 2.75) is 18.5 Å². The van der Waals surface area contributed by atoms with E-state index in [2.05, 4.69) is 5.32 Å². The van der Waals surface area contributed by atoms with Gasteiger partial charge in [-0.15, -0.1) is 11.3 Å². The van der Waals surface area contributed by atoms with E-state index >= 15 is 0 Å². The fourth-order valence-corrected chi connectivity index (χ4v) is 5.89. The molecular weight excluding hydrogens is 482 g/mol. The first-order valence-electron chi connectivity index (χ1n) is 11.7. The molecule has 2 aliphatic rings. The summed E-state index contributed by atoms with van der Waals surface area (Å²) in [4.78, 5) is 30.4. The Morgan fingerprint density at radius 2 is 1.71 bits per heavy atom. The van der Waals surface area contributed by atoms with E-state index in [4.69, 9.17) is 16.0 Å². The van der Waals surface area contributed by atoms with Crippen molar-refractivity contribution in [1.82, 2.24) is 15.1 Å². The van der Waals surface area contributed by atoms with Crippen molar-refractivity contribution in [3.63, 3.8) is 0 Å². The highest BCUT2D eigenvalue weighted by molar-refractivity contribution is 7.19. The zero-order valence-electron chi connectivity index (χ0n) is 18.9. The van der Waals surface area contributed by atoms with Crippen LogP contribution in [0.4, 0.5) is 0 Å². The summed E-state index contributed by atoms with van der Waals surface area (Å²) in [5, 5.41) is 4.52. The number of likely N-dealkylation sites (tertiary alicyclic amines) is 2. The summed E-state index contributed by atoms with van der Waals surface area (Å²) >= 11 is 7.59. The highest BCUT2D eigenvalue weighted by Crippen LogP contribution is 2.33. The highest BCUT2D eigenvalue weighted by Gasteiger charge is 2.36. The zero-order chi connectivity index (χ0) is 23.9. The molecule has 2 aromatic heterocycles. The molecule has 2 saturated heterocycles. The molecule has 6 nitrogen and oxygen atoms in total. The molecular formula is C27H24ClN3O3S. The second-order valence-corrected chi connectivity index (χ2v) is 10.9. The molecule has 8 heteroatoms. The lowest BCUT2D eigenvalue weighted by atomic mass is 10.1. The van der Waals surface area contributed by atoms with E-state index in [0.717, 1.165) is 38.7 Å². The van der Waals surface area contributed by atoms with Crippen LogP contribution in [-0.4, -0.2) is 59.9 Å². The molecule has 2 amide bonds. The van der Waals surface area contributed by atoms with Gasteiger partial charge in [0, 0.05) is 54.1 Å². The standard InChI is InChI=1S/C27H24ClN3O3S/c28-25-9-8-24(35-25)18-6-7-22-19(12-18)13-23(34-22)27(33)31-15-21(16-31)29-20-10-11-30(14-20)26(32)17-4-2-1-3-5-17/h1-9,12-13,20-21,29H,10-11,14-16H2. The summed E-state index contributed by atoms with van der Waals surface area (Å²) in [6.45, 7) is 2.72. The highest BCUT2D eigenvalue weighted by atomic mass is 35.5. The van der Waals surface area contributed by atoms with E-state index < -0.39 is 0 Å². The largest absolute Gasteiger partial charge is 0.451 e. The van der Waals surface area contributed by atoms with Crippen molar-refractivity contribution in [2.24, 2.45) is 0 Å². The van der Waals surface area contributed by atoms with E-state index in [1.165, 1.54) is 11.3 Å². The lowest BCUT2D eigenvalue weighted by Gasteiger charge is -2.40. The van der Waals surface area contributed by atoms with E-state index in [1.807, 2.05) is 71.6 Å². The summed E-state index contributed by atoms with van der Waals surface area (Å²) in [6.07, 6.45) is 0.921. The van der Waals surface area contributed by atoms with E-state index in [-0.39, 0.29) is 23.9 Å². The summed E-state index contributed by atoms with van der Waals surface area (Å²) in [7, 11) is 0. The van der Waals surface area contributed by atoms with Gasteiger partial charge in [-0.1, -0.05) is 29.8 Å². The third-order valence-electron chi connectivity index (χ3n) is 6.72. The van der Waals surface area contributed by atoms with Crippen molar-refractivity contribution >= 4 is 45.7 Å². The van der Waals surface area contributed by atoms with Gasteiger partial charge in [-0.2, -0.15) is 0 Å². The Morgan fingerprint density at radius 1 is 0.914 bits per heavy atom. The smallest absolute Gasteiger partial charge is 0.289 e. The normalized spacial score (nSPS) is 18.3. The molecule has 0 aliphatic carbocycles. The van der Waals surface area contributed by atoms with Gasteiger partial charge in [-0.05, 0) is 60.5 Å². The first kappa shape index (κ1) is 22.3. The molecule has 4 heterocycles. The quantitative estimate of drug-likeness (QED) is 0.407. The van der Waals surface area contributed by atoms with Crippen LogP contribution < -0.4 is 5.32 Å². The summed E-state index contributed by atoms with van der Waals surface area (Å²) in [5.74, 6) is 0.350. The number of hydrogen-bond donors (Lipinski definition) is 1. The first-order valence-corrected chi connectivity index (χ1v) is 12.9. The maximum Gasteiger partial charge on any atom is 0.289 e. The van der Waals surface area contributed by atoms with Crippen LogP contribution in [0.2, 0.25) is 4.34 Å². The summed E-state index contributed by atoms with van der Waals surface area (Å²) in [6, 6.07) is 21.5. The average Bonchev–Trinajstić information content (AvgIpc) is 3.60. The molecule has 0 spiro atoms. The van der Waals surface area contributed by atoms with Gasteiger partial charge in [0.1, 0.15) is 5.58 Å². The number of carbonyl (C=O) groups is 2. The molecule has 6 rings (SSSR count). The van der Waals surface area contributed by atoms with Gasteiger partial charge in [0.15, 0.2) is 5.76 Å². The molecule has 1 unspecified atom stereocenters. The Labute approximate surface area is 212 Å². The van der Waals surface area contributed by atoms with E-state index in [1.54, 1.807) is 4.90 Å². The molecule has 178 valence electrons. The van der Waals surface area contributed by atoms with Crippen molar-refractivity contribution in [3.05, 3.63) is 82.4 Å². The minimum absolute atomic E-state index is 0.0792. The molecule has 2 fully saturated rings. The summed E-state index contributed by atoms with van der Waals surface area (Å²) in [5.41, 5.74) is 2.48. The lowest BCUT2D eigenvalue weighted by Crippen LogP contribution is -2.62. The Morgan fingerprint density at radius 3 is 2.49 bits per heavy atom. The molecule has 0 bridgehead atoms. The van der Waals surface area contributed by atoms with Gasteiger partial charge < -0.3 is 19.5 Å². The molecule has 0 radical (unpaired) electrons. The molecule has 0 saturated carbocycles.